The molecular formula is C37H42O7. The van der Waals surface area contributed by atoms with Crippen LogP contribution in [0.4, 0.5) is 0 Å². The number of allylic oxidation sites excluding steroid dienone is 5. The molecule has 2 fully saturated rings. The molecule has 5 atom stereocenters. The van der Waals surface area contributed by atoms with Crippen LogP contribution in [0.3, 0.4) is 0 Å². The minimum atomic E-state index is -1.51. The van der Waals surface area contributed by atoms with Gasteiger partial charge in [-0.3, -0.25) is 14.4 Å². The number of aldehydes is 1. The number of benzene rings is 1. The number of rotatable bonds is 7. The van der Waals surface area contributed by atoms with Gasteiger partial charge >= 0.3 is 0 Å². The van der Waals surface area contributed by atoms with Crippen molar-refractivity contribution in [2.45, 2.75) is 103 Å². The van der Waals surface area contributed by atoms with Crippen molar-refractivity contribution in [3.8, 4) is 17.2 Å². The quantitative estimate of drug-likeness (QED) is 0.206. The lowest BCUT2D eigenvalue weighted by molar-refractivity contribution is -0.171. The van der Waals surface area contributed by atoms with E-state index in [9.17, 15) is 19.5 Å². The first-order valence-corrected chi connectivity index (χ1v) is 15.5. The first-order chi connectivity index (χ1) is 20.6. The van der Waals surface area contributed by atoms with Crippen LogP contribution in [-0.2, 0) is 20.7 Å². The van der Waals surface area contributed by atoms with Crippen LogP contribution in [-0.4, -0.2) is 45.4 Å². The van der Waals surface area contributed by atoms with Gasteiger partial charge in [-0.15, -0.1) is 0 Å². The second kappa shape index (κ2) is 9.90. The minimum absolute atomic E-state index is 0.0888. The second-order valence-electron chi connectivity index (χ2n) is 14.3. The number of phenolic OH excluding ortho intramolecular Hbond substituents is 1. The second-order valence-corrected chi connectivity index (χ2v) is 14.3. The Hall–Kier alpha value is -3.71. The van der Waals surface area contributed by atoms with Gasteiger partial charge in [0.2, 0.25) is 0 Å². The third-order valence-corrected chi connectivity index (χ3v) is 10.1. The third kappa shape index (κ3) is 4.08. The third-order valence-electron chi connectivity index (χ3n) is 10.1. The van der Waals surface area contributed by atoms with Crippen LogP contribution in [0.1, 0.15) is 96.1 Å². The Morgan fingerprint density at radius 3 is 2.34 bits per heavy atom. The van der Waals surface area contributed by atoms with E-state index in [4.69, 9.17) is 14.2 Å². The average Bonchev–Trinajstić information content (AvgIpc) is 3.11. The summed E-state index contributed by atoms with van der Waals surface area (Å²) in [4.78, 5) is 40.5. The fourth-order valence-electron chi connectivity index (χ4n) is 7.88. The molecule has 0 radical (unpaired) electrons. The normalized spacial score (nSPS) is 32.1. The molecule has 0 amide bonds. The Labute approximate surface area is 259 Å². The number of phenols is 1. The van der Waals surface area contributed by atoms with Gasteiger partial charge in [-0.05, 0) is 86.0 Å². The first-order valence-electron chi connectivity index (χ1n) is 15.5. The number of ketones is 2. The first kappa shape index (κ1) is 30.3. The van der Waals surface area contributed by atoms with Gasteiger partial charge in [-0.1, -0.05) is 35.5 Å². The number of carbonyl (C=O) groups excluding carboxylic acids is 3. The number of aromatic hydroxyl groups is 1. The van der Waals surface area contributed by atoms with Gasteiger partial charge in [0.05, 0.1) is 11.2 Å². The van der Waals surface area contributed by atoms with Crippen molar-refractivity contribution < 1.29 is 33.7 Å². The van der Waals surface area contributed by atoms with Crippen LogP contribution < -0.4 is 9.47 Å². The van der Waals surface area contributed by atoms with E-state index >= 15 is 0 Å². The van der Waals surface area contributed by atoms with E-state index in [2.05, 4.69) is 6.08 Å². The number of fused-ring (bicyclic) bond motifs is 2. The van der Waals surface area contributed by atoms with Crippen molar-refractivity contribution in [2.24, 2.45) is 11.8 Å². The topological polar surface area (TPSA) is 99.1 Å². The number of carbonyl (C=O) groups is 3. The minimum Gasteiger partial charge on any atom is -0.506 e. The summed E-state index contributed by atoms with van der Waals surface area (Å²) >= 11 is 0. The highest BCUT2D eigenvalue weighted by Gasteiger charge is 2.81. The predicted octanol–water partition coefficient (Wildman–Crippen LogP) is 6.96. The molecule has 1 spiro atoms. The molecule has 1 saturated heterocycles. The van der Waals surface area contributed by atoms with Crippen molar-refractivity contribution in [3.05, 3.63) is 69.4 Å². The zero-order valence-electron chi connectivity index (χ0n) is 26.9. The van der Waals surface area contributed by atoms with Crippen LogP contribution in [0, 0.1) is 11.8 Å². The molecule has 6 aliphatic rings. The summed E-state index contributed by atoms with van der Waals surface area (Å²) in [5, 5.41) is 11.7. The molecule has 0 aromatic heterocycles. The summed E-state index contributed by atoms with van der Waals surface area (Å²) in [6, 6.07) is 0. The fraction of sp³-hybridized carbons (Fsp3) is 0.486. The Morgan fingerprint density at radius 1 is 0.977 bits per heavy atom. The lowest BCUT2D eigenvalue weighted by Crippen LogP contribution is -2.72. The van der Waals surface area contributed by atoms with Crippen molar-refractivity contribution >= 4 is 23.9 Å². The maximum atomic E-state index is 14.7. The molecule has 7 nitrogen and oxygen atoms in total. The molecule has 7 heteroatoms. The van der Waals surface area contributed by atoms with E-state index in [1.54, 1.807) is 19.1 Å². The van der Waals surface area contributed by atoms with Crippen molar-refractivity contribution in [1.29, 1.82) is 0 Å². The Kier molecular flexibility index (Phi) is 6.82. The van der Waals surface area contributed by atoms with E-state index in [0.717, 1.165) is 11.9 Å². The highest BCUT2D eigenvalue weighted by molar-refractivity contribution is 6.19. The van der Waals surface area contributed by atoms with Gasteiger partial charge in [-0.2, -0.15) is 0 Å². The zero-order valence-corrected chi connectivity index (χ0v) is 26.9. The summed E-state index contributed by atoms with van der Waals surface area (Å²) in [6.07, 6.45) is 13.7. The van der Waals surface area contributed by atoms with Crippen LogP contribution in [0.25, 0.3) is 6.08 Å². The van der Waals surface area contributed by atoms with E-state index in [1.807, 2.05) is 66.7 Å². The van der Waals surface area contributed by atoms with Crippen LogP contribution in [0.2, 0.25) is 0 Å². The number of ether oxygens (including phenoxy) is 3. The SMILES string of the molecule is CC(C)=CCc1c2c(c(O)c3c1OC14C(=CC5CC1C(C)(C)OC4(C/C=C(\C)C=O)C5=O)C3=O)C=CC(C)(CC=C(C)C)O2. The van der Waals surface area contributed by atoms with E-state index < -0.39 is 28.3 Å². The zero-order chi connectivity index (χ0) is 32.0. The van der Waals surface area contributed by atoms with E-state index in [1.165, 1.54) is 5.57 Å². The molecule has 1 aromatic carbocycles. The van der Waals surface area contributed by atoms with Gasteiger partial charge < -0.3 is 19.3 Å². The Morgan fingerprint density at radius 2 is 1.68 bits per heavy atom. The van der Waals surface area contributed by atoms with Gasteiger partial charge in [0.15, 0.2) is 22.8 Å². The summed E-state index contributed by atoms with van der Waals surface area (Å²) in [6.45, 7) is 15.6. The largest absolute Gasteiger partial charge is 0.506 e. The monoisotopic (exact) mass is 598 g/mol. The summed E-state index contributed by atoms with van der Waals surface area (Å²) in [7, 11) is 0. The molecule has 1 saturated carbocycles. The maximum absolute atomic E-state index is 14.7. The molecule has 3 heterocycles. The molecule has 4 bridgehead atoms. The number of Topliss-reactive ketones (excluding diaryl/α,β-unsaturated/α-hetero) is 2. The predicted molar refractivity (Wildman–Crippen MR) is 168 cm³/mol. The molecule has 1 aromatic rings. The molecule has 44 heavy (non-hydrogen) atoms. The van der Waals surface area contributed by atoms with Gasteiger partial charge in [-0.25, -0.2) is 0 Å². The summed E-state index contributed by atoms with van der Waals surface area (Å²) < 4.78 is 20.6. The van der Waals surface area contributed by atoms with Gasteiger partial charge in [0.1, 0.15) is 34.7 Å². The number of hydrogen-bond donors (Lipinski definition) is 1. The molecule has 3 aliphatic heterocycles. The summed E-state index contributed by atoms with van der Waals surface area (Å²) in [5.41, 5.74) is -0.186. The standard InChI is InChI=1S/C37H42O7/c1-20(2)9-10-25-31-24(13-15-35(8,42-31)14-11-21(3)4)29(39)28-30(40)26-17-23-18-27-34(6,7)44-36(33(23)41,16-12-22(5)19-38)37(26,27)43-32(25)28/h9,11-13,15,17,19,23,27,39H,10,14,16,18H2,1-8H3/b22-12+. The van der Waals surface area contributed by atoms with Crippen molar-refractivity contribution in [1.82, 2.24) is 0 Å². The smallest absolute Gasteiger partial charge is 0.200 e. The molecule has 7 rings (SSSR count). The van der Waals surface area contributed by atoms with E-state index in [0.29, 0.717) is 47.3 Å². The lowest BCUT2D eigenvalue weighted by Gasteiger charge is -2.56. The summed E-state index contributed by atoms with van der Waals surface area (Å²) in [5.74, 6) is -0.837. The van der Waals surface area contributed by atoms with Gasteiger partial charge in [0.25, 0.3) is 0 Å². The maximum Gasteiger partial charge on any atom is 0.200 e. The number of hydrogen-bond acceptors (Lipinski definition) is 7. The molecule has 232 valence electrons. The lowest BCUT2D eigenvalue weighted by atomic mass is 9.51. The Bertz CT molecular complexity index is 1660. The van der Waals surface area contributed by atoms with Crippen LogP contribution >= 0.6 is 0 Å². The fourth-order valence-corrected chi connectivity index (χ4v) is 7.88. The van der Waals surface area contributed by atoms with Crippen LogP contribution in [0.15, 0.2) is 52.7 Å². The highest BCUT2D eigenvalue weighted by Crippen LogP contribution is 2.68. The Balaban J connectivity index is 1.62. The molecule has 5 unspecified atom stereocenters. The highest BCUT2D eigenvalue weighted by atomic mass is 16.6. The molecular weight excluding hydrogens is 556 g/mol. The van der Waals surface area contributed by atoms with Crippen molar-refractivity contribution in [3.63, 3.8) is 0 Å². The molecule has 3 aliphatic carbocycles. The van der Waals surface area contributed by atoms with Gasteiger partial charge in [0, 0.05) is 35.8 Å². The van der Waals surface area contributed by atoms with Crippen molar-refractivity contribution in [2.75, 3.05) is 0 Å². The average molecular weight is 599 g/mol. The van der Waals surface area contributed by atoms with Crippen LogP contribution in [0.5, 0.6) is 17.2 Å². The molecule has 1 N–H and O–H groups in total. The van der Waals surface area contributed by atoms with E-state index in [-0.39, 0.29) is 41.0 Å².